The molecule has 0 aliphatic heterocycles. The van der Waals surface area contributed by atoms with Crippen LogP contribution in [0.4, 0.5) is 0 Å². The van der Waals surface area contributed by atoms with Gasteiger partial charge in [-0.3, -0.25) is 14.4 Å². The SMILES string of the molecule is C=C(C)[C@H]1CCC2C3(C(=O)OCc4ccccc4)CCC4(C(=O)OCc5ccccc5)CC(=O)CC[C@]4(C)[C@@]3(N)CC[C@@]21C. The van der Waals surface area contributed by atoms with Gasteiger partial charge < -0.3 is 15.2 Å². The Bertz CT molecular complexity index is 1460. The molecule has 2 aromatic carbocycles. The van der Waals surface area contributed by atoms with Gasteiger partial charge in [-0.05, 0) is 80.2 Å². The van der Waals surface area contributed by atoms with Crippen molar-refractivity contribution in [3.8, 4) is 0 Å². The van der Waals surface area contributed by atoms with Gasteiger partial charge in [-0.2, -0.15) is 0 Å². The molecule has 4 fully saturated rings. The molecule has 0 heterocycles. The van der Waals surface area contributed by atoms with Crippen molar-refractivity contribution in [3.05, 3.63) is 83.9 Å². The van der Waals surface area contributed by atoms with Crippen LogP contribution in [0, 0.1) is 33.5 Å². The molecule has 0 radical (unpaired) electrons. The van der Waals surface area contributed by atoms with E-state index >= 15 is 0 Å². The lowest BCUT2D eigenvalue weighted by Crippen LogP contribution is -2.80. The number of carbonyl (C=O) groups excluding carboxylic acids is 3. The topological polar surface area (TPSA) is 95.7 Å². The highest BCUT2D eigenvalue weighted by Crippen LogP contribution is 2.76. The highest BCUT2D eigenvalue weighted by Gasteiger charge is 2.80. The minimum absolute atomic E-state index is 0.0217. The molecule has 0 saturated heterocycles. The number of rotatable bonds is 7. The molecule has 7 atom stereocenters. The first-order valence-electron chi connectivity index (χ1n) is 16.3. The third-order valence-corrected chi connectivity index (χ3v) is 13.0. The van der Waals surface area contributed by atoms with Crippen LogP contribution in [0.3, 0.4) is 0 Å². The quantitative estimate of drug-likeness (QED) is 0.270. The molecule has 4 saturated carbocycles. The number of allylic oxidation sites excluding steroid dienone is 1. The summed E-state index contributed by atoms with van der Waals surface area (Å²) in [5.74, 6) is -0.296. The Morgan fingerprint density at radius 3 is 2.02 bits per heavy atom. The zero-order valence-electron chi connectivity index (χ0n) is 26.5. The fourth-order valence-electron chi connectivity index (χ4n) is 10.6. The predicted octanol–water partition coefficient (Wildman–Crippen LogP) is 7.10. The van der Waals surface area contributed by atoms with Gasteiger partial charge >= 0.3 is 11.9 Å². The van der Waals surface area contributed by atoms with Crippen LogP contribution in [-0.4, -0.2) is 23.3 Å². The molecule has 0 aromatic heterocycles. The first kappa shape index (κ1) is 30.8. The molecule has 2 aromatic rings. The zero-order chi connectivity index (χ0) is 31.4. The molecule has 3 unspecified atom stereocenters. The molecule has 0 spiro atoms. The number of fused-ring (bicyclic) bond motifs is 5. The van der Waals surface area contributed by atoms with E-state index in [0.29, 0.717) is 38.0 Å². The van der Waals surface area contributed by atoms with E-state index in [1.807, 2.05) is 60.7 Å². The molecule has 4 aliphatic carbocycles. The highest BCUT2D eigenvalue weighted by molar-refractivity contribution is 5.91. The summed E-state index contributed by atoms with van der Waals surface area (Å²) in [4.78, 5) is 42.4. The van der Waals surface area contributed by atoms with Crippen LogP contribution in [0.25, 0.3) is 0 Å². The zero-order valence-corrected chi connectivity index (χ0v) is 26.5. The van der Waals surface area contributed by atoms with Crippen LogP contribution in [0.15, 0.2) is 72.8 Å². The second kappa shape index (κ2) is 11.0. The van der Waals surface area contributed by atoms with E-state index in [2.05, 4.69) is 27.4 Å². The summed E-state index contributed by atoms with van der Waals surface area (Å²) in [5.41, 5.74) is 6.63. The van der Waals surface area contributed by atoms with Crippen molar-refractivity contribution in [2.24, 2.45) is 39.2 Å². The van der Waals surface area contributed by atoms with Crippen molar-refractivity contribution in [2.45, 2.75) is 97.3 Å². The van der Waals surface area contributed by atoms with E-state index in [4.69, 9.17) is 15.2 Å². The number of esters is 2. The monoisotopic (exact) mass is 597 g/mol. The van der Waals surface area contributed by atoms with Crippen molar-refractivity contribution >= 4 is 17.7 Å². The largest absolute Gasteiger partial charge is 0.460 e. The third kappa shape index (κ3) is 4.27. The number of Topliss-reactive ketones (excluding diaryl/α,β-unsaturated/α-hetero) is 1. The molecule has 2 N–H and O–H groups in total. The van der Waals surface area contributed by atoms with Crippen LogP contribution in [-0.2, 0) is 37.1 Å². The Labute approximate surface area is 261 Å². The number of nitrogens with two attached hydrogens (primary N) is 1. The maximum Gasteiger partial charge on any atom is 0.314 e. The van der Waals surface area contributed by atoms with Gasteiger partial charge in [-0.1, -0.05) is 86.7 Å². The lowest BCUT2D eigenvalue weighted by Gasteiger charge is -2.72. The number of carbonyl (C=O) groups is 3. The van der Waals surface area contributed by atoms with Crippen molar-refractivity contribution in [2.75, 3.05) is 0 Å². The Morgan fingerprint density at radius 2 is 1.43 bits per heavy atom. The third-order valence-electron chi connectivity index (χ3n) is 13.0. The lowest BCUT2D eigenvalue weighted by atomic mass is 9.32. The van der Waals surface area contributed by atoms with Crippen LogP contribution in [0.1, 0.15) is 89.7 Å². The lowest BCUT2D eigenvalue weighted by molar-refractivity contribution is -0.239. The van der Waals surface area contributed by atoms with Gasteiger partial charge in [-0.25, -0.2) is 0 Å². The van der Waals surface area contributed by atoms with Crippen LogP contribution >= 0.6 is 0 Å². The fourth-order valence-corrected chi connectivity index (χ4v) is 10.6. The summed E-state index contributed by atoms with van der Waals surface area (Å²) in [6.45, 7) is 11.2. The molecule has 0 amide bonds. The van der Waals surface area contributed by atoms with Crippen molar-refractivity contribution in [1.29, 1.82) is 0 Å². The van der Waals surface area contributed by atoms with Crippen LogP contribution in [0.2, 0.25) is 0 Å². The predicted molar refractivity (Wildman–Crippen MR) is 169 cm³/mol. The molecule has 6 rings (SSSR count). The summed E-state index contributed by atoms with van der Waals surface area (Å²) in [6.07, 6.45) is 4.87. The van der Waals surface area contributed by atoms with E-state index in [1.165, 1.54) is 0 Å². The van der Waals surface area contributed by atoms with Gasteiger partial charge in [0, 0.05) is 23.8 Å². The Hall–Kier alpha value is -3.25. The maximum atomic E-state index is 14.9. The van der Waals surface area contributed by atoms with E-state index in [1.54, 1.807) is 0 Å². The Kier molecular flexibility index (Phi) is 7.67. The fraction of sp³-hybridized carbons (Fsp3) is 0.553. The molecule has 4 aliphatic rings. The van der Waals surface area contributed by atoms with E-state index in [-0.39, 0.29) is 48.7 Å². The smallest absolute Gasteiger partial charge is 0.314 e. The number of ether oxygens (including phenoxy) is 2. The number of hydrogen-bond donors (Lipinski definition) is 1. The molecular weight excluding hydrogens is 550 g/mol. The Morgan fingerprint density at radius 1 is 0.841 bits per heavy atom. The van der Waals surface area contributed by atoms with Crippen molar-refractivity contribution in [3.63, 3.8) is 0 Å². The second-order valence-corrected chi connectivity index (χ2v) is 14.7. The van der Waals surface area contributed by atoms with Gasteiger partial charge in [0.05, 0.1) is 10.8 Å². The summed E-state index contributed by atoms with van der Waals surface area (Å²) >= 11 is 0. The molecule has 6 nitrogen and oxygen atoms in total. The summed E-state index contributed by atoms with van der Waals surface area (Å²) in [5, 5.41) is 0. The normalized spacial score (nSPS) is 37.7. The van der Waals surface area contributed by atoms with Gasteiger partial charge in [0.1, 0.15) is 19.0 Å². The van der Waals surface area contributed by atoms with Gasteiger partial charge in [0.15, 0.2) is 0 Å². The minimum Gasteiger partial charge on any atom is -0.460 e. The van der Waals surface area contributed by atoms with Gasteiger partial charge in [0.25, 0.3) is 0 Å². The molecule has 6 heteroatoms. The average Bonchev–Trinajstić information content (AvgIpc) is 3.38. The molecule has 234 valence electrons. The van der Waals surface area contributed by atoms with Gasteiger partial charge in [0.2, 0.25) is 0 Å². The number of ketones is 1. The Balaban J connectivity index is 1.43. The minimum atomic E-state index is -1.10. The van der Waals surface area contributed by atoms with E-state index in [9.17, 15) is 14.4 Å². The second-order valence-electron chi connectivity index (χ2n) is 14.7. The van der Waals surface area contributed by atoms with Crippen molar-refractivity contribution in [1.82, 2.24) is 0 Å². The molecule has 0 bridgehead atoms. The number of hydrogen-bond acceptors (Lipinski definition) is 6. The summed E-state index contributed by atoms with van der Waals surface area (Å²) in [6, 6.07) is 19.4. The molecule has 44 heavy (non-hydrogen) atoms. The highest BCUT2D eigenvalue weighted by atomic mass is 16.5. The summed E-state index contributed by atoms with van der Waals surface area (Å²) < 4.78 is 12.3. The van der Waals surface area contributed by atoms with Crippen molar-refractivity contribution < 1.29 is 23.9 Å². The van der Waals surface area contributed by atoms with Crippen LogP contribution < -0.4 is 5.73 Å². The van der Waals surface area contributed by atoms with E-state index < -0.39 is 21.8 Å². The first-order valence-corrected chi connectivity index (χ1v) is 16.3. The van der Waals surface area contributed by atoms with Crippen LogP contribution in [0.5, 0.6) is 0 Å². The van der Waals surface area contributed by atoms with E-state index in [0.717, 1.165) is 36.0 Å². The number of benzene rings is 2. The first-order chi connectivity index (χ1) is 20.9. The molecular formula is C38H47NO5. The standard InChI is InChI=1S/C38H47NO5/c1-26(2)30-15-16-31-34(30,3)19-22-38(39)35(4)18-17-29(40)23-36(35,32(41)43-24-27-11-7-5-8-12-27)20-21-37(31,38)33(42)44-25-28-13-9-6-10-14-28/h5-14,30-31H,1,15-25,39H2,2-4H3/t30-,31?,34-,35+,36?,37?,38+/m1/s1. The average molecular weight is 598 g/mol. The maximum absolute atomic E-state index is 14.9. The summed E-state index contributed by atoms with van der Waals surface area (Å²) in [7, 11) is 0. The van der Waals surface area contributed by atoms with Gasteiger partial charge in [-0.15, -0.1) is 0 Å².